The molecule has 0 aliphatic carbocycles. The molecule has 0 spiro atoms. The number of hydrogen-bond donors (Lipinski definition) is 0. The summed E-state index contributed by atoms with van der Waals surface area (Å²) in [6.45, 7) is 4.19. The van der Waals surface area contributed by atoms with Gasteiger partial charge in [0, 0.05) is 19.3 Å². The Bertz CT molecular complexity index is 934. The summed E-state index contributed by atoms with van der Waals surface area (Å²) in [6.07, 6.45) is 7.06. The van der Waals surface area contributed by atoms with Gasteiger partial charge < -0.3 is 33.2 Å². The van der Waals surface area contributed by atoms with Crippen LogP contribution in [0.4, 0.5) is 0 Å². The van der Waals surface area contributed by atoms with Crippen molar-refractivity contribution in [1.29, 1.82) is 1.34 Å². The van der Waals surface area contributed by atoms with Crippen LogP contribution in [0.25, 0.3) is 0 Å². The van der Waals surface area contributed by atoms with Gasteiger partial charge in [0.1, 0.15) is 0 Å². The first-order chi connectivity index (χ1) is 21.5. The second-order valence-electron chi connectivity index (χ2n) is 10.1. The van der Waals surface area contributed by atoms with Crippen LogP contribution in [0.5, 0.6) is 0 Å². The van der Waals surface area contributed by atoms with Gasteiger partial charge >= 0.3 is 55.5 Å². The molecule has 5 aliphatic heterocycles. The Morgan fingerprint density at radius 1 is 0.545 bits per heavy atom. The molecule has 5 rings (SSSR count). The van der Waals surface area contributed by atoms with Gasteiger partial charge in [0.25, 0.3) is 0 Å². The van der Waals surface area contributed by atoms with E-state index in [1.807, 2.05) is 0 Å². The van der Waals surface area contributed by atoms with Crippen LogP contribution in [0.1, 0.15) is 78.1 Å². The molecule has 0 radical (unpaired) electrons. The molecule has 0 aromatic rings. The third-order valence-electron chi connectivity index (χ3n) is 6.85. The molecule has 44 heavy (non-hydrogen) atoms. The van der Waals surface area contributed by atoms with Gasteiger partial charge in [-0.05, 0) is 70.6 Å². The van der Waals surface area contributed by atoms with Crippen molar-refractivity contribution in [2.75, 3.05) is 33.0 Å². The van der Waals surface area contributed by atoms with Gasteiger partial charge in [0.05, 0.1) is 19.8 Å². The fraction of sp³-hybridized carbons (Fsp3) is 0.750. The van der Waals surface area contributed by atoms with Gasteiger partial charge in [-0.15, -0.1) is 0 Å². The topological polar surface area (TPSA) is 201 Å². The first kappa shape index (κ1) is 36.3. The summed E-state index contributed by atoms with van der Waals surface area (Å²) in [5.41, 5.74) is 0. The molecule has 0 saturated carbocycles. The molecule has 5 heterocycles. The normalized spacial score (nSPS) is 27.0. The standard InChI is InChI=1S/C12H18O4.C6H8O4.C6H10O2.C4H4O4.BHO/c13-11-3-1-9(5-7-15-11)10-2-4-12(14)16-8-6-10;1-3-5(7)10-4(2)6(8)9-3;7-6-4-2-1-3-5-8-6;5-3-1-7-4(6)2-8-3;1-2/h9-10H,1-8H2;3-4H,1-2H3;1-5H2;1-2H2;1H/i;;;;1D. The molecule has 5 aliphatic rings. The van der Waals surface area contributed by atoms with Gasteiger partial charge in [0.15, 0.2) is 25.4 Å². The quantitative estimate of drug-likeness (QED) is 0.225. The fourth-order valence-corrected chi connectivity index (χ4v) is 4.44. The molecule has 0 aromatic heterocycles. The molecule has 5 fully saturated rings. The minimum absolute atomic E-state index is 0. The summed E-state index contributed by atoms with van der Waals surface area (Å²) >= 11 is 0. The molecule has 0 aromatic carbocycles. The Morgan fingerprint density at radius 3 is 1.39 bits per heavy atom. The van der Waals surface area contributed by atoms with E-state index in [0.717, 1.165) is 44.9 Å². The number of rotatable bonds is 1. The summed E-state index contributed by atoms with van der Waals surface area (Å²) in [5, 5.41) is 0. The summed E-state index contributed by atoms with van der Waals surface area (Å²) in [7, 11) is 0. The third kappa shape index (κ3) is 16.1. The summed E-state index contributed by atoms with van der Waals surface area (Å²) in [4.78, 5) is 74.2. The van der Waals surface area contributed by atoms with Crippen molar-refractivity contribution in [1.82, 2.24) is 0 Å². The number of hydrogen-bond acceptors (Lipinski definition) is 15. The van der Waals surface area contributed by atoms with E-state index in [0.29, 0.717) is 50.9 Å². The number of carbonyl (C=O) groups excluding carboxylic acids is 7. The van der Waals surface area contributed by atoms with Crippen molar-refractivity contribution in [2.24, 2.45) is 11.8 Å². The molecular formula is C28H41BO15. The monoisotopic (exact) mass is 629 g/mol. The van der Waals surface area contributed by atoms with Crippen LogP contribution in [0.2, 0.25) is 0 Å². The predicted molar refractivity (Wildman–Crippen MR) is 147 cm³/mol. The first-order valence-corrected chi connectivity index (χ1v) is 14.5. The van der Waals surface area contributed by atoms with Gasteiger partial charge in [-0.25, -0.2) is 19.2 Å². The fourth-order valence-electron chi connectivity index (χ4n) is 4.44. The van der Waals surface area contributed by atoms with E-state index in [2.05, 4.69) is 18.9 Å². The van der Waals surface area contributed by atoms with Crippen molar-refractivity contribution in [3.63, 3.8) is 0 Å². The van der Waals surface area contributed by atoms with Crippen molar-refractivity contribution in [3.8, 4) is 0 Å². The third-order valence-corrected chi connectivity index (χ3v) is 6.85. The van der Waals surface area contributed by atoms with Gasteiger partial charge in [-0.1, -0.05) is 0 Å². The number of ether oxygens (including phenoxy) is 7. The zero-order chi connectivity index (χ0) is 33.6. The van der Waals surface area contributed by atoms with Crippen molar-refractivity contribution in [3.05, 3.63) is 0 Å². The van der Waals surface area contributed by atoms with E-state index in [4.69, 9.17) is 20.3 Å². The number of carbonyl (C=O) groups is 7. The molecule has 0 N–H and O–H groups in total. The van der Waals surface area contributed by atoms with E-state index < -0.39 is 36.1 Å². The van der Waals surface area contributed by atoms with E-state index >= 15 is 0 Å². The second-order valence-corrected chi connectivity index (χ2v) is 10.1. The molecule has 5 saturated heterocycles. The molecule has 4 atom stereocenters. The van der Waals surface area contributed by atoms with Gasteiger partial charge in [0.2, 0.25) is 0 Å². The van der Waals surface area contributed by atoms with Crippen LogP contribution in [0.15, 0.2) is 0 Å². The van der Waals surface area contributed by atoms with E-state index in [1.54, 1.807) is 0 Å². The SMILES string of the molecule is CC1OC(=O)C(C)OC1=O.O=C1CCC(C2CCOC(=O)CC2)CCO1.O=C1CCCCCO1.O=C1COC(=O)CO1.[2H]B=O. The zero-order valence-corrected chi connectivity index (χ0v) is 25.1. The summed E-state index contributed by atoms with van der Waals surface area (Å²) < 4.78 is 46.6. The van der Waals surface area contributed by atoms with Crippen LogP contribution in [0, 0.1) is 11.8 Å². The van der Waals surface area contributed by atoms with Crippen LogP contribution < -0.4 is 0 Å². The molecular weight excluding hydrogens is 587 g/mol. The number of cyclic esters (lactones) is 7. The van der Waals surface area contributed by atoms with E-state index in [-0.39, 0.29) is 38.8 Å². The number of esters is 7. The molecule has 0 bridgehead atoms. The van der Waals surface area contributed by atoms with Crippen LogP contribution in [0.3, 0.4) is 0 Å². The molecule has 15 nitrogen and oxygen atoms in total. The summed E-state index contributed by atoms with van der Waals surface area (Å²) in [6, 6.07) is 0. The van der Waals surface area contributed by atoms with E-state index in [9.17, 15) is 33.6 Å². The zero-order valence-electron chi connectivity index (χ0n) is 26.1. The van der Waals surface area contributed by atoms with Crippen LogP contribution in [-0.4, -0.2) is 96.0 Å². The van der Waals surface area contributed by atoms with Gasteiger partial charge in [-0.2, -0.15) is 0 Å². The van der Waals surface area contributed by atoms with Crippen molar-refractivity contribution < 1.29 is 71.4 Å². The molecule has 16 heteroatoms. The molecule has 0 amide bonds. The Morgan fingerprint density at radius 2 is 0.955 bits per heavy atom. The Kier molecular flexibility index (Phi) is 18.0. The van der Waals surface area contributed by atoms with Crippen LogP contribution in [-0.2, 0) is 71.4 Å². The molecule has 246 valence electrons. The Hall–Kier alpha value is -3.85. The Balaban J connectivity index is 0.000000304. The van der Waals surface area contributed by atoms with Crippen molar-refractivity contribution >= 4 is 49.5 Å². The van der Waals surface area contributed by atoms with Gasteiger partial charge in [-0.3, -0.25) is 14.4 Å². The first-order valence-electron chi connectivity index (χ1n) is 15.1. The van der Waals surface area contributed by atoms with E-state index in [1.165, 1.54) is 13.8 Å². The second kappa shape index (κ2) is 21.8. The predicted octanol–water partition coefficient (Wildman–Crippen LogP) is 0.959. The maximum atomic E-state index is 11.1. The maximum absolute atomic E-state index is 11.1. The average Bonchev–Trinajstić information content (AvgIpc) is 3.47. The average molecular weight is 629 g/mol. The Labute approximate surface area is 257 Å². The summed E-state index contributed by atoms with van der Waals surface area (Å²) in [5.74, 6) is -1.08. The van der Waals surface area contributed by atoms with Crippen LogP contribution >= 0.6 is 0 Å². The molecule has 4 unspecified atom stereocenters. The van der Waals surface area contributed by atoms with Crippen molar-refractivity contribution in [2.45, 2.75) is 90.3 Å². The minimum atomic E-state index is -0.747.